The highest BCUT2D eigenvalue weighted by Gasteiger charge is 2.26. The van der Waals surface area contributed by atoms with Crippen LogP contribution in [0.25, 0.3) is 5.65 Å². The standard InChI is InChI=1S/C15H21N3O/c1-5-9-18(15(2,3)4)14-12(11-19)17-10-7-6-8-13(17)16-14/h5-8,10,19H,1,9,11H2,2-4H3. The molecule has 0 saturated carbocycles. The Balaban J connectivity index is 2.62. The molecule has 0 aromatic carbocycles. The van der Waals surface area contributed by atoms with E-state index in [2.05, 4.69) is 37.2 Å². The Hall–Kier alpha value is -1.81. The summed E-state index contributed by atoms with van der Waals surface area (Å²) >= 11 is 0. The van der Waals surface area contributed by atoms with E-state index in [1.165, 1.54) is 0 Å². The lowest BCUT2D eigenvalue weighted by Crippen LogP contribution is -2.42. The predicted molar refractivity (Wildman–Crippen MR) is 78.4 cm³/mol. The average Bonchev–Trinajstić information content (AvgIpc) is 2.72. The van der Waals surface area contributed by atoms with Crippen molar-refractivity contribution in [2.45, 2.75) is 32.9 Å². The van der Waals surface area contributed by atoms with E-state index in [9.17, 15) is 5.11 Å². The highest BCUT2D eigenvalue weighted by atomic mass is 16.3. The molecule has 2 aromatic heterocycles. The fourth-order valence-electron chi connectivity index (χ4n) is 2.20. The summed E-state index contributed by atoms with van der Waals surface area (Å²) in [5, 5.41) is 9.67. The van der Waals surface area contributed by atoms with Gasteiger partial charge in [0.2, 0.25) is 0 Å². The maximum absolute atomic E-state index is 9.67. The Kier molecular flexibility index (Phi) is 3.62. The molecular weight excluding hydrogens is 238 g/mol. The summed E-state index contributed by atoms with van der Waals surface area (Å²) in [6, 6.07) is 5.83. The van der Waals surface area contributed by atoms with Crippen molar-refractivity contribution in [2.24, 2.45) is 0 Å². The summed E-state index contributed by atoms with van der Waals surface area (Å²) in [5.41, 5.74) is 1.57. The van der Waals surface area contributed by atoms with Gasteiger partial charge in [-0.25, -0.2) is 4.98 Å². The van der Waals surface area contributed by atoms with Crippen LogP contribution in [0.1, 0.15) is 26.5 Å². The second-order valence-corrected chi connectivity index (χ2v) is 5.54. The van der Waals surface area contributed by atoms with E-state index in [0.717, 1.165) is 17.2 Å². The third kappa shape index (κ3) is 2.49. The topological polar surface area (TPSA) is 40.8 Å². The van der Waals surface area contributed by atoms with Crippen LogP contribution in [0.2, 0.25) is 0 Å². The largest absolute Gasteiger partial charge is 0.390 e. The molecule has 0 saturated heterocycles. The van der Waals surface area contributed by atoms with Crippen molar-refractivity contribution in [3.8, 4) is 0 Å². The first-order chi connectivity index (χ1) is 8.99. The van der Waals surface area contributed by atoms with Crippen molar-refractivity contribution < 1.29 is 5.11 Å². The molecule has 4 nitrogen and oxygen atoms in total. The zero-order chi connectivity index (χ0) is 14.0. The number of aromatic nitrogens is 2. The average molecular weight is 259 g/mol. The van der Waals surface area contributed by atoms with E-state index < -0.39 is 0 Å². The normalized spacial score (nSPS) is 11.8. The van der Waals surface area contributed by atoms with Crippen molar-refractivity contribution in [3.63, 3.8) is 0 Å². The fraction of sp³-hybridized carbons (Fsp3) is 0.400. The van der Waals surface area contributed by atoms with Crippen LogP contribution in [0, 0.1) is 0 Å². The Labute approximate surface area is 114 Å². The van der Waals surface area contributed by atoms with Gasteiger partial charge in [0.05, 0.1) is 12.3 Å². The Bertz CT molecular complexity index is 581. The van der Waals surface area contributed by atoms with Gasteiger partial charge >= 0.3 is 0 Å². The van der Waals surface area contributed by atoms with Crippen molar-refractivity contribution in [3.05, 3.63) is 42.7 Å². The molecule has 2 aromatic rings. The summed E-state index contributed by atoms with van der Waals surface area (Å²) in [6.45, 7) is 10.8. The molecule has 1 N–H and O–H groups in total. The van der Waals surface area contributed by atoms with Crippen LogP contribution in [0.15, 0.2) is 37.1 Å². The summed E-state index contributed by atoms with van der Waals surface area (Å²) in [4.78, 5) is 6.80. The minimum atomic E-state index is -0.0873. The van der Waals surface area contributed by atoms with Crippen LogP contribution in [0.5, 0.6) is 0 Å². The van der Waals surface area contributed by atoms with Crippen LogP contribution in [-0.4, -0.2) is 26.6 Å². The Morgan fingerprint density at radius 2 is 2.16 bits per heavy atom. The van der Waals surface area contributed by atoms with Crippen LogP contribution >= 0.6 is 0 Å². The second kappa shape index (κ2) is 5.05. The van der Waals surface area contributed by atoms with E-state index in [4.69, 9.17) is 0 Å². The smallest absolute Gasteiger partial charge is 0.154 e. The third-order valence-corrected chi connectivity index (χ3v) is 3.13. The number of pyridine rings is 1. The predicted octanol–water partition coefficient (Wildman–Crippen LogP) is 2.62. The number of aliphatic hydroxyl groups is 1. The zero-order valence-electron chi connectivity index (χ0n) is 11.8. The summed E-state index contributed by atoms with van der Waals surface area (Å²) in [7, 11) is 0. The highest BCUT2D eigenvalue weighted by molar-refractivity contribution is 5.57. The molecule has 4 heteroatoms. The monoisotopic (exact) mass is 259 g/mol. The van der Waals surface area contributed by atoms with Gasteiger partial charge in [-0.2, -0.15) is 0 Å². The maximum Gasteiger partial charge on any atom is 0.154 e. The number of imidazole rings is 1. The first-order valence-corrected chi connectivity index (χ1v) is 6.44. The summed E-state index contributed by atoms with van der Waals surface area (Å²) in [5.74, 6) is 0.820. The van der Waals surface area contributed by atoms with Gasteiger partial charge in [0.1, 0.15) is 5.65 Å². The first kappa shape index (κ1) is 13.6. The van der Waals surface area contributed by atoms with Gasteiger partial charge in [-0.15, -0.1) is 6.58 Å². The molecular formula is C15H21N3O. The molecule has 0 aliphatic carbocycles. The number of rotatable bonds is 4. The van der Waals surface area contributed by atoms with Crippen LogP contribution in [0.3, 0.4) is 0 Å². The lowest BCUT2D eigenvalue weighted by atomic mass is 10.1. The molecule has 0 fully saturated rings. The van der Waals surface area contributed by atoms with Gasteiger partial charge in [0, 0.05) is 18.3 Å². The van der Waals surface area contributed by atoms with E-state index in [1.54, 1.807) is 0 Å². The number of fused-ring (bicyclic) bond motifs is 1. The van der Waals surface area contributed by atoms with Gasteiger partial charge < -0.3 is 10.0 Å². The SMILES string of the molecule is C=CCN(c1nc2ccccn2c1CO)C(C)(C)C. The van der Waals surface area contributed by atoms with E-state index in [0.29, 0.717) is 6.54 Å². The zero-order valence-corrected chi connectivity index (χ0v) is 11.8. The number of hydrogen-bond acceptors (Lipinski definition) is 3. The lowest BCUT2D eigenvalue weighted by Gasteiger charge is -2.35. The van der Waals surface area contributed by atoms with Crippen molar-refractivity contribution in [2.75, 3.05) is 11.4 Å². The third-order valence-electron chi connectivity index (χ3n) is 3.13. The highest BCUT2D eigenvalue weighted by Crippen LogP contribution is 2.27. The number of anilines is 1. The fourth-order valence-corrected chi connectivity index (χ4v) is 2.20. The van der Waals surface area contributed by atoms with Gasteiger partial charge in [0.15, 0.2) is 5.82 Å². The van der Waals surface area contributed by atoms with Gasteiger partial charge in [-0.05, 0) is 32.9 Å². The summed E-state index contributed by atoms with van der Waals surface area (Å²) in [6.07, 6.45) is 3.78. The van der Waals surface area contributed by atoms with E-state index in [1.807, 2.05) is 34.9 Å². The quantitative estimate of drug-likeness (QED) is 0.858. The molecule has 0 aliphatic heterocycles. The van der Waals surface area contributed by atoms with Crippen LogP contribution in [0.4, 0.5) is 5.82 Å². The van der Waals surface area contributed by atoms with Crippen molar-refractivity contribution in [1.82, 2.24) is 9.38 Å². The van der Waals surface area contributed by atoms with Crippen LogP contribution < -0.4 is 4.90 Å². The minimum Gasteiger partial charge on any atom is -0.390 e. The van der Waals surface area contributed by atoms with Crippen molar-refractivity contribution in [1.29, 1.82) is 0 Å². The molecule has 2 heterocycles. The molecule has 0 amide bonds. The van der Waals surface area contributed by atoms with Gasteiger partial charge in [-0.3, -0.25) is 4.40 Å². The maximum atomic E-state index is 9.67. The molecule has 0 unspecified atom stereocenters. The summed E-state index contributed by atoms with van der Waals surface area (Å²) < 4.78 is 1.93. The number of aliphatic hydroxyl groups excluding tert-OH is 1. The molecule has 19 heavy (non-hydrogen) atoms. The van der Waals surface area contributed by atoms with Crippen molar-refractivity contribution >= 4 is 11.5 Å². The van der Waals surface area contributed by atoms with E-state index >= 15 is 0 Å². The number of nitrogens with zero attached hydrogens (tertiary/aromatic N) is 3. The Morgan fingerprint density at radius 3 is 2.74 bits per heavy atom. The second-order valence-electron chi connectivity index (χ2n) is 5.54. The molecule has 0 atom stereocenters. The van der Waals surface area contributed by atoms with E-state index in [-0.39, 0.29) is 12.1 Å². The molecule has 0 spiro atoms. The van der Waals surface area contributed by atoms with Gasteiger partial charge in [-0.1, -0.05) is 12.1 Å². The molecule has 0 radical (unpaired) electrons. The lowest BCUT2D eigenvalue weighted by molar-refractivity contribution is 0.275. The molecule has 2 rings (SSSR count). The minimum absolute atomic E-state index is 0.0375. The van der Waals surface area contributed by atoms with Gasteiger partial charge in [0.25, 0.3) is 0 Å². The molecule has 102 valence electrons. The first-order valence-electron chi connectivity index (χ1n) is 6.44. The number of hydrogen-bond donors (Lipinski definition) is 1. The Morgan fingerprint density at radius 1 is 1.42 bits per heavy atom. The van der Waals surface area contributed by atoms with Crippen LogP contribution in [-0.2, 0) is 6.61 Å². The molecule has 0 bridgehead atoms. The molecule has 0 aliphatic rings.